The summed E-state index contributed by atoms with van der Waals surface area (Å²) in [5.41, 5.74) is -9.93. The first-order valence-electron chi connectivity index (χ1n) is 7.59. The number of carbonyl (C=O) groups excluding carboxylic acids is 1. The van der Waals surface area contributed by atoms with Crippen molar-refractivity contribution in [2.75, 3.05) is 5.32 Å². The second kappa shape index (κ2) is 8.33. The van der Waals surface area contributed by atoms with E-state index in [2.05, 4.69) is 31.9 Å². The molecule has 0 saturated carbocycles. The number of nitrogens with zero attached hydrogens (tertiary/aromatic N) is 1. The van der Waals surface area contributed by atoms with Crippen LogP contribution in [0.3, 0.4) is 0 Å². The SMILES string of the molecule is O=C(Nc1ccc(C(F)(C(F)(F)F)C(F)(F)F)c(Br)c1Br)c1cccc([N+](=O)[O-])c1F. The van der Waals surface area contributed by atoms with Gasteiger partial charge in [0.1, 0.15) is 0 Å². The monoisotopic (exact) mass is 584 g/mol. The molecule has 168 valence electrons. The lowest BCUT2D eigenvalue weighted by atomic mass is 9.94. The van der Waals surface area contributed by atoms with Gasteiger partial charge >= 0.3 is 23.7 Å². The summed E-state index contributed by atoms with van der Waals surface area (Å²) < 4.78 is 105. The molecule has 5 nitrogen and oxygen atoms in total. The van der Waals surface area contributed by atoms with Crippen LogP contribution in [0.25, 0.3) is 0 Å². The van der Waals surface area contributed by atoms with E-state index in [1.807, 2.05) is 5.32 Å². The minimum atomic E-state index is -6.37. The second-order valence-corrected chi connectivity index (χ2v) is 7.38. The molecule has 0 aromatic heterocycles. The van der Waals surface area contributed by atoms with E-state index in [1.165, 1.54) is 0 Å². The molecular weight excluding hydrogens is 580 g/mol. The van der Waals surface area contributed by atoms with Crippen molar-refractivity contribution in [1.82, 2.24) is 0 Å². The Balaban J connectivity index is 2.52. The van der Waals surface area contributed by atoms with Crippen molar-refractivity contribution in [3.63, 3.8) is 0 Å². The normalized spacial score (nSPS) is 12.6. The molecule has 0 atom stereocenters. The second-order valence-electron chi connectivity index (χ2n) is 5.79. The fraction of sp³-hybridized carbons (Fsp3) is 0.188. The van der Waals surface area contributed by atoms with Gasteiger partial charge in [-0.05, 0) is 44.0 Å². The van der Waals surface area contributed by atoms with Crippen molar-refractivity contribution in [3.8, 4) is 0 Å². The molecule has 1 N–H and O–H groups in total. The van der Waals surface area contributed by atoms with Gasteiger partial charge in [-0.25, -0.2) is 4.39 Å². The van der Waals surface area contributed by atoms with Crippen LogP contribution >= 0.6 is 31.9 Å². The summed E-state index contributed by atoms with van der Waals surface area (Å²) in [6, 6.07) is 3.25. The summed E-state index contributed by atoms with van der Waals surface area (Å²) in [7, 11) is 0. The number of amides is 1. The van der Waals surface area contributed by atoms with Gasteiger partial charge in [0.05, 0.1) is 20.6 Å². The summed E-state index contributed by atoms with van der Waals surface area (Å²) >= 11 is 5.09. The lowest BCUT2D eigenvalue weighted by molar-refractivity contribution is -0.387. The maximum atomic E-state index is 14.3. The number of benzene rings is 2. The number of rotatable bonds is 4. The van der Waals surface area contributed by atoms with Crippen LogP contribution in [0.15, 0.2) is 39.3 Å². The molecule has 0 saturated heterocycles. The van der Waals surface area contributed by atoms with Crippen molar-refractivity contribution >= 4 is 49.1 Å². The molecule has 2 aromatic carbocycles. The lowest BCUT2D eigenvalue weighted by Gasteiger charge is -2.31. The molecule has 1 amide bonds. The third-order valence-electron chi connectivity index (χ3n) is 3.90. The van der Waals surface area contributed by atoms with Gasteiger partial charge in [0.2, 0.25) is 5.82 Å². The summed E-state index contributed by atoms with van der Waals surface area (Å²) in [5.74, 6) is -2.83. The molecule has 0 heterocycles. The van der Waals surface area contributed by atoms with Gasteiger partial charge in [-0.2, -0.15) is 30.7 Å². The number of anilines is 1. The highest BCUT2D eigenvalue weighted by molar-refractivity contribution is 9.13. The zero-order valence-electron chi connectivity index (χ0n) is 14.3. The molecule has 2 rings (SSSR count). The summed E-state index contributed by atoms with van der Waals surface area (Å²) in [4.78, 5) is 21.9. The van der Waals surface area contributed by atoms with Crippen LogP contribution in [-0.2, 0) is 5.67 Å². The highest BCUT2D eigenvalue weighted by Crippen LogP contribution is 2.56. The molecule has 0 bridgehead atoms. The van der Waals surface area contributed by atoms with Crippen LogP contribution in [0, 0.1) is 15.9 Å². The van der Waals surface area contributed by atoms with Gasteiger partial charge in [-0.3, -0.25) is 14.9 Å². The van der Waals surface area contributed by atoms with Crippen LogP contribution < -0.4 is 5.32 Å². The number of nitrogens with one attached hydrogen (secondary N) is 1. The Morgan fingerprint density at radius 1 is 0.935 bits per heavy atom. The van der Waals surface area contributed by atoms with Gasteiger partial charge in [0, 0.05) is 16.1 Å². The highest BCUT2D eigenvalue weighted by Gasteiger charge is 2.74. The van der Waals surface area contributed by atoms with Crippen LogP contribution in [0.4, 0.5) is 46.5 Å². The van der Waals surface area contributed by atoms with Gasteiger partial charge < -0.3 is 5.32 Å². The Bertz CT molecular complexity index is 1040. The van der Waals surface area contributed by atoms with Crippen molar-refractivity contribution in [2.24, 2.45) is 0 Å². The summed E-state index contributed by atoms with van der Waals surface area (Å²) in [6.07, 6.45) is -12.7. The summed E-state index contributed by atoms with van der Waals surface area (Å²) in [5, 5.41) is 12.7. The van der Waals surface area contributed by atoms with E-state index in [4.69, 9.17) is 0 Å². The lowest BCUT2D eigenvalue weighted by Crippen LogP contribution is -2.50. The Labute approximate surface area is 183 Å². The van der Waals surface area contributed by atoms with E-state index in [1.54, 1.807) is 0 Å². The smallest absolute Gasteiger partial charge is 0.321 e. The predicted molar refractivity (Wildman–Crippen MR) is 97.7 cm³/mol. The molecule has 0 radical (unpaired) electrons. The minimum absolute atomic E-state index is 0.134. The fourth-order valence-corrected chi connectivity index (χ4v) is 3.47. The standard InChI is InChI=1S/C16H6Br2F8N2O3/c17-10-7(14(20,15(21,22)23)16(24,25)26)4-5-8(11(10)18)27-13(29)6-2-1-3-9(12(6)19)28(30)31/h1-5H,(H,27,29). The first kappa shape index (κ1) is 25.0. The molecule has 15 heteroatoms. The van der Waals surface area contributed by atoms with E-state index >= 15 is 0 Å². The Morgan fingerprint density at radius 3 is 1.97 bits per heavy atom. The number of halogens is 10. The highest BCUT2D eigenvalue weighted by atomic mass is 79.9. The first-order valence-corrected chi connectivity index (χ1v) is 9.17. The van der Waals surface area contributed by atoms with E-state index < -0.39 is 66.1 Å². The first-order chi connectivity index (χ1) is 14.0. The number of nitro benzene ring substituents is 1. The molecular formula is C16H6Br2F8N2O3. The topological polar surface area (TPSA) is 72.2 Å². The van der Waals surface area contributed by atoms with Crippen molar-refractivity contribution < 1.29 is 44.8 Å². The van der Waals surface area contributed by atoms with E-state index in [0.717, 1.165) is 18.2 Å². The maximum absolute atomic E-state index is 14.3. The Morgan fingerprint density at radius 2 is 1.48 bits per heavy atom. The van der Waals surface area contributed by atoms with Crippen molar-refractivity contribution in [2.45, 2.75) is 18.0 Å². The number of hydrogen-bond acceptors (Lipinski definition) is 3. The van der Waals surface area contributed by atoms with Gasteiger partial charge in [-0.15, -0.1) is 0 Å². The Hall–Kier alpha value is -2.29. The average Bonchev–Trinajstić information content (AvgIpc) is 2.63. The summed E-state index contributed by atoms with van der Waals surface area (Å²) in [6.45, 7) is 0. The molecule has 0 fully saturated rings. The minimum Gasteiger partial charge on any atom is -0.321 e. The van der Waals surface area contributed by atoms with E-state index in [0.29, 0.717) is 6.07 Å². The number of carbonyl (C=O) groups is 1. The molecule has 0 unspecified atom stereocenters. The van der Waals surface area contributed by atoms with Gasteiger partial charge in [0.25, 0.3) is 5.91 Å². The van der Waals surface area contributed by atoms with Gasteiger partial charge in [-0.1, -0.05) is 12.1 Å². The van der Waals surface area contributed by atoms with Crippen LogP contribution in [0.1, 0.15) is 15.9 Å². The van der Waals surface area contributed by atoms with Crippen LogP contribution in [-0.4, -0.2) is 23.2 Å². The third-order valence-corrected chi connectivity index (χ3v) is 6.08. The maximum Gasteiger partial charge on any atom is 0.435 e. The average molecular weight is 586 g/mol. The van der Waals surface area contributed by atoms with Crippen LogP contribution in [0.5, 0.6) is 0 Å². The molecule has 0 aliphatic carbocycles. The quantitative estimate of drug-likeness (QED) is 0.244. The molecule has 0 aliphatic rings. The molecule has 0 aliphatic heterocycles. The third kappa shape index (κ3) is 4.37. The largest absolute Gasteiger partial charge is 0.435 e. The zero-order chi connectivity index (χ0) is 23.9. The van der Waals surface area contributed by atoms with Gasteiger partial charge in [0.15, 0.2) is 0 Å². The fourth-order valence-electron chi connectivity index (χ4n) is 2.40. The van der Waals surface area contributed by atoms with E-state index in [9.17, 15) is 50.0 Å². The zero-order valence-corrected chi connectivity index (χ0v) is 17.5. The number of hydrogen-bond donors (Lipinski definition) is 1. The molecule has 0 spiro atoms. The molecule has 2 aromatic rings. The van der Waals surface area contributed by atoms with Crippen molar-refractivity contribution in [1.29, 1.82) is 0 Å². The van der Waals surface area contributed by atoms with Crippen LogP contribution in [0.2, 0.25) is 0 Å². The number of nitro groups is 1. The Kier molecular flexibility index (Phi) is 6.71. The molecule has 31 heavy (non-hydrogen) atoms. The predicted octanol–water partition coefficient (Wildman–Crippen LogP) is 6.80. The van der Waals surface area contributed by atoms with Crippen molar-refractivity contribution in [3.05, 3.63) is 66.3 Å². The number of alkyl halides is 7. The van der Waals surface area contributed by atoms with E-state index in [-0.39, 0.29) is 6.07 Å².